The Morgan fingerprint density at radius 1 is 0.818 bits per heavy atom. The second-order valence-electron chi connectivity index (χ2n) is 4.88. The minimum Gasteiger partial charge on any atom is -0.493 e. The maximum Gasteiger partial charge on any atom is 0.162 e. The largest absolute Gasteiger partial charge is 0.493 e. The van der Waals surface area contributed by atoms with Gasteiger partial charge in [-0.05, 0) is 23.8 Å². The van der Waals surface area contributed by atoms with Gasteiger partial charge in [0.1, 0.15) is 0 Å². The van der Waals surface area contributed by atoms with E-state index in [1.165, 1.54) is 0 Å². The standard InChI is InChI=1S/C19H17NO2/c1-21-18-12-15-9-11-16(20-17(15)13-19(18)22-2)10-8-14-6-4-3-5-7-14/h3-13H,1-2H3. The van der Waals surface area contributed by atoms with Crippen LogP contribution in [0.25, 0.3) is 23.1 Å². The molecule has 0 bridgehead atoms. The first-order chi connectivity index (χ1) is 10.8. The molecule has 0 fully saturated rings. The highest BCUT2D eigenvalue weighted by molar-refractivity contribution is 5.84. The van der Waals surface area contributed by atoms with Crippen molar-refractivity contribution in [3.63, 3.8) is 0 Å². The maximum atomic E-state index is 5.33. The molecule has 0 aliphatic heterocycles. The molecule has 3 heteroatoms. The summed E-state index contributed by atoms with van der Waals surface area (Å²) in [5.74, 6) is 1.40. The first-order valence-corrected chi connectivity index (χ1v) is 7.06. The van der Waals surface area contributed by atoms with Gasteiger partial charge < -0.3 is 9.47 Å². The van der Waals surface area contributed by atoms with Gasteiger partial charge in [0.2, 0.25) is 0 Å². The normalized spacial score (nSPS) is 11.0. The van der Waals surface area contributed by atoms with Crippen molar-refractivity contribution in [2.45, 2.75) is 0 Å². The van der Waals surface area contributed by atoms with Crippen LogP contribution in [0.3, 0.4) is 0 Å². The van der Waals surface area contributed by atoms with Gasteiger partial charge in [0.15, 0.2) is 11.5 Å². The van der Waals surface area contributed by atoms with Crippen molar-refractivity contribution >= 4 is 23.1 Å². The van der Waals surface area contributed by atoms with Crippen LogP contribution in [0.4, 0.5) is 0 Å². The van der Waals surface area contributed by atoms with E-state index in [1.807, 2.05) is 48.5 Å². The predicted octanol–water partition coefficient (Wildman–Crippen LogP) is 4.42. The summed E-state index contributed by atoms with van der Waals surface area (Å²) in [5, 5.41) is 1.02. The number of ether oxygens (including phenoxy) is 2. The van der Waals surface area contributed by atoms with Gasteiger partial charge in [0.25, 0.3) is 0 Å². The number of pyridine rings is 1. The summed E-state index contributed by atoms with van der Waals surface area (Å²) in [5.41, 5.74) is 2.94. The zero-order chi connectivity index (χ0) is 15.4. The van der Waals surface area contributed by atoms with Crippen LogP contribution in [-0.2, 0) is 0 Å². The Morgan fingerprint density at radius 3 is 2.27 bits per heavy atom. The molecule has 0 N–H and O–H groups in total. The average Bonchev–Trinajstić information content (AvgIpc) is 2.59. The Morgan fingerprint density at radius 2 is 1.55 bits per heavy atom. The predicted molar refractivity (Wildman–Crippen MR) is 90.2 cm³/mol. The molecule has 1 heterocycles. The van der Waals surface area contributed by atoms with Crippen LogP contribution in [0, 0.1) is 0 Å². The van der Waals surface area contributed by atoms with Crippen molar-refractivity contribution in [1.82, 2.24) is 4.98 Å². The Bertz CT molecular complexity index is 810. The van der Waals surface area contributed by atoms with Gasteiger partial charge in [-0.1, -0.05) is 42.5 Å². The maximum absolute atomic E-state index is 5.33. The molecule has 3 rings (SSSR count). The number of hydrogen-bond acceptors (Lipinski definition) is 3. The lowest BCUT2D eigenvalue weighted by Gasteiger charge is -2.09. The van der Waals surface area contributed by atoms with Crippen LogP contribution in [-0.4, -0.2) is 19.2 Å². The molecule has 0 aliphatic rings. The van der Waals surface area contributed by atoms with Gasteiger partial charge in [0, 0.05) is 11.5 Å². The zero-order valence-electron chi connectivity index (χ0n) is 12.6. The lowest BCUT2D eigenvalue weighted by Crippen LogP contribution is -1.92. The quantitative estimate of drug-likeness (QED) is 0.713. The Kier molecular flexibility index (Phi) is 4.05. The molecular weight excluding hydrogens is 274 g/mol. The average molecular weight is 291 g/mol. The van der Waals surface area contributed by atoms with Crippen molar-refractivity contribution in [2.75, 3.05) is 14.2 Å². The first-order valence-electron chi connectivity index (χ1n) is 7.06. The number of methoxy groups -OCH3 is 2. The minimum absolute atomic E-state index is 0.687. The van der Waals surface area contributed by atoms with E-state index in [1.54, 1.807) is 14.2 Å². The molecule has 3 nitrogen and oxygen atoms in total. The molecule has 22 heavy (non-hydrogen) atoms. The van der Waals surface area contributed by atoms with E-state index < -0.39 is 0 Å². The molecule has 0 saturated carbocycles. The molecule has 1 aromatic heterocycles. The van der Waals surface area contributed by atoms with Gasteiger partial charge in [-0.25, -0.2) is 4.98 Å². The number of rotatable bonds is 4. The highest BCUT2D eigenvalue weighted by Gasteiger charge is 2.06. The molecule has 2 aromatic carbocycles. The van der Waals surface area contributed by atoms with Gasteiger partial charge in [-0.15, -0.1) is 0 Å². The second-order valence-corrected chi connectivity index (χ2v) is 4.88. The Balaban J connectivity index is 1.97. The summed E-state index contributed by atoms with van der Waals surface area (Å²) >= 11 is 0. The van der Waals surface area contributed by atoms with Crippen LogP contribution >= 0.6 is 0 Å². The third kappa shape index (κ3) is 2.93. The van der Waals surface area contributed by atoms with Crippen LogP contribution in [0.5, 0.6) is 11.5 Å². The summed E-state index contributed by atoms with van der Waals surface area (Å²) < 4.78 is 10.6. The Hall–Kier alpha value is -2.81. The second kappa shape index (κ2) is 6.31. The summed E-state index contributed by atoms with van der Waals surface area (Å²) in [4.78, 5) is 4.65. The third-order valence-electron chi connectivity index (χ3n) is 3.46. The highest BCUT2D eigenvalue weighted by Crippen LogP contribution is 2.31. The monoisotopic (exact) mass is 291 g/mol. The molecule has 0 amide bonds. The van der Waals surface area contributed by atoms with E-state index in [2.05, 4.69) is 23.2 Å². The van der Waals surface area contributed by atoms with E-state index in [4.69, 9.17) is 9.47 Å². The molecular formula is C19H17NO2. The van der Waals surface area contributed by atoms with Crippen molar-refractivity contribution < 1.29 is 9.47 Å². The first kappa shape index (κ1) is 14.1. The third-order valence-corrected chi connectivity index (χ3v) is 3.46. The number of benzene rings is 2. The molecule has 0 atom stereocenters. The molecule has 3 aromatic rings. The number of aromatic nitrogens is 1. The van der Waals surface area contributed by atoms with Gasteiger partial charge >= 0.3 is 0 Å². The summed E-state index contributed by atoms with van der Waals surface area (Å²) in [7, 11) is 3.26. The van der Waals surface area contributed by atoms with E-state index >= 15 is 0 Å². The summed E-state index contributed by atoms with van der Waals surface area (Å²) in [6, 6.07) is 18.0. The van der Waals surface area contributed by atoms with Gasteiger partial charge in [0.05, 0.1) is 25.4 Å². The molecule has 110 valence electrons. The van der Waals surface area contributed by atoms with E-state index in [-0.39, 0.29) is 0 Å². The van der Waals surface area contributed by atoms with E-state index in [9.17, 15) is 0 Å². The zero-order valence-corrected chi connectivity index (χ0v) is 12.6. The molecule has 0 spiro atoms. The fraction of sp³-hybridized carbons (Fsp3) is 0.105. The molecule has 0 radical (unpaired) electrons. The smallest absolute Gasteiger partial charge is 0.162 e. The van der Waals surface area contributed by atoms with Crippen LogP contribution in [0.1, 0.15) is 11.3 Å². The minimum atomic E-state index is 0.687. The molecule has 0 saturated heterocycles. The SMILES string of the molecule is COc1cc2ccc(C=Cc3ccccc3)nc2cc1OC. The number of fused-ring (bicyclic) bond motifs is 1. The van der Waals surface area contributed by atoms with E-state index in [0.717, 1.165) is 22.2 Å². The highest BCUT2D eigenvalue weighted by atomic mass is 16.5. The van der Waals surface area contributed by atoms with Crippen LogP contribution in [0.15, 0.2) is 54.6 Å². The molecule has 0 aliphatic carbocycles. The van der Waals surface area contributed by atoms with Crippen molar-refractivity contribution in [3.05, 3.63) is 65.9 Å². The van der Waals surface area contributed by atoms with Crippen molar-refractivity contribution in [3.8, 4) is 11.5 Å². The van der Waals surface area contributed by atoms with Crippen molar-refractivity contribution in [1.29, 1.82) is 0 Å². The van der Waals surface area contributed by atoms with Crippen LogP contribution in [0.2, 0.25) is 0 Å². The van der Waals surface area contributed by atoms with Gasteiger partial charge in [-0.3, -0.25) is 0 Å². The topological polar surface area (TPSA) is 31.4 Å². The van der Waals surface area contributed by atoms with E-state index in [0.29, 0.717) is 11.5 Å². The van der Waals surface area contributed by atoms with Crippen LogP contribution < -0.4 is 9.47 Å². The lowest BCUT2D eigenvalue weighted by atomic mass is 10.1. The number of hydrogen-bond donors (Lipinski definition) is 0. The Labute approximate surface area is 129 Å². The summed E-state index contributed by atoms with van der Waals surface area (Å²) in [6.07, 6.45) is 4.06. The summed E-state index contributed by atoms with van der Waals surface area (Å²) in [6.45, 7) is 0. The number of nitrogens with zero attached hydrogens (tertiary/aromatic N) is 1. The van der Waals surface area contributed by atoms with Crippen molar-refractivity contribution in [2.24, 2.45) is 0 Å². The lowest BCUT2D eigenvalue weighted by molar-refractivity contribution is 0.356. The molecule has 0 unspecified atom stereocenters. The van der Waals surface area contributed by atoms with Gasteiger partial charge in [-0.2, -0.15) is 0 Å². The fourth-order valence-electron chi connectivity index (χ4n) is 2.30. The fourth-order valence-corrected chi connectivity index (χ4v) is 2.30.